The molecule has 0 bridgehead atoms. The van der Waals surface area contributed by atoms with Gasteiger partial charge in [0.05, 0.1) is 18.7 Å². The molecule has 20 heavy (non-hydrogen) atoms. The molecule has 4 heteroatoms. The Labute approximate surface area is 123 Å². The van der Waals surface area contributed by atoms with Crippen LogP contribution in [-0.2, 0) is 11.2 Å². The van der Waals surface area contributed by atoms with Gasteiger partial charge in [0.1, 0.15) is 5.76 Å². The van der Waals surface area contributed by atoms with Crippen LogP contribution in [0, 0.1) is 0 Å². The molecule has 1 atom stereocenters. The van der Waals surface area contributed by atoms with Gasteiger partial charge >= 0.3 is 0 Å². The largest absolute Gasteiger partial charge is 0.467 e. The molecule has 1 fully saturated rings. The molecule has 0 saturated carbocycles. The normalized spacial score (nSPS) is 18.4. The summed E-state index contributed by atoms with van der Waals surface area (Å²) in [6.45, 7) is 0.786. The molecule has 3 rings (SSSR count). The fourth-order valence-corrected chi connectivity index (χ4v) is 2.95. The molecule has 1 aliphatic rings. The van der Waals surface area contributed by atoms with E-state index in [0.29, 0.717) is 11.4 Å². The summed E-state index contributed by atoms with van der Waals surface area (Å²) >= 11 is 6.12. The zero-order valence-electron chi connectivity index (χ0n) is 11.1. The van der Waals surface area contributed by atoms with Gasteiger partial charge in [-0.3, -0.25) is 4.79 Å². The molecule has 0 radical (unpaired) electrons. The molecule has 1 amide bonds. The van der Waals surface area contributed by atoms with Crippen LogP contribution < -0.4 is 0 Å². The van der Waals surface area contributed by atoms with Crippen molar-refractivity contribution in [2.75, 3.05) is 6.54 Å². The molecular formula is C16H16ClNO2. The predicted molar refractivity (Wildman–Crippen MR) is 77.6 cm³/mol. The fourth-order valence-electron chi connectivity index (χ4n) is 2.75. The third-order valence-corrected chi connectivity index (χ3v) is 4.11. The van der Waals surface area contributed by atoms with Gasteiger partial charge in [-0.1, -0.05) is 29.8 Å². The summed E-state index contributed by atoms with van der Waals surface area (Å²) in [5.41, 5.74) is 0.879. The molecule has 1 aromatic heterocycles. The third-order valence-electron chi connectivity index (χ3n) is 3.74. The van der Waals surface area contributed by atoms with Crippen molar-refractivity contribution in [2.24, 2.45) is 0 Å². The van der Waals surface area contributed by atoms with E-state index >= 15 is 0 Å². The highest BCUT2D eigenvalue weighted by molar-refractivity contribution is 6.31. The zero-order chi connectivity index (χ0) is 13.9. The number of hydrogen-bond donors (Lipinski definition) is 0. The lowest BCUT2D eigenvalue weighted by molar-refractivity contribution is -0.131. The predicted octanol–water partition coefficient (Wildman–Crippen LogP) is 3.84. The average molecular weight is 290 g/mol. The van der Waals surface area contributed by atoms with E-state index in [4.69, 9.17) is 16.0 Å². The van der Waals surface area contributed by atoms with Crippen LogP contribution >= 0.6 is 11.6 Å². The van der Waals surface area contributed by atoms with Crippen molar-refractivity contribution in [3.63, 3.8) is 0 Å². The van der Waals surface area contributed by atoms with Gasteiger partial charge in [0.25, 0.3) is 0 Å². The van der Waals surface area contributed by atoms with Crippen LogP contribution in [0.1, 0.15) is 30.2 Å². The first-order valence-corrected chi connectivity index (χ1v) is 7.20. The molecule has 104 valence electrons. The Hall–Kier alpha value is -1.74. The third kappa shape index (κ3) is 2.59. The van der Waals surface area contributed by atoms with Crippen LogP contribution in [-0.4, -0.2) is 17.4 Å². The Balaban J connectivity index is 1.75. The minimum atomic E-state index is 0.0694. The Morgan fingerprint density at radius 1 is 1.30 bits per heavy atom. The number of halogens is 1. The van der Waals surface area contributed by atoms with Crippen molar-refractivity contribution < 1.29 is 9.21 Å². The first-order valence-electron chi connectivity index (χ1n) is 6.82. The second kappa shape index (κ2) is 5.71. The van der Waals surface area contributed by atoms with Crippen molar-refractivity contribution in [2.45, 2.75) is 25.3 Å². The van der Waals surface area contributed by atoms with Crippen molar-refractivity contribution in [3.05, 3.63) is 59.0 Å². The Bertz CT molecular complexity index is 594. The molecule has 1 aromatic carbocycles. The second-order valence-electron chi connectivity index (χ2n) is 5.03. The maximum Gasteiger partial charge on any atom is 0.227 e. The topological polar surface area (TPSA) is 33.5 Å². The summed E-state index contributed by atoms with van der Waals surface area (Å²) < 4.78 is 5.45. The summed E-state index contributed by atoms with van der Waals surface area (Å²) in [7, 11) is 0. The maximum atomic E-state index is 12.5. The van der Waals surface area contributed by atoms with Crippen LogP contribution in [0.3, 0.4) is 0 Å². The highest BCUT2D eigenvalue weighted by Crippen LogP contribution is 2.32. The monoisotopic (exact) mass is 289 g/mol. The van der Waals surface area contributed by atoms with Gasteiger partial charge < -0.3 is 9.32 Å². The lowest BCUT2D eigenvalue weighted by Crippen LogP contribution is -2.31. The van der Waals surface area contributed by atoms with Gasteiger partial charge in [-0.05, 0) is 36.6 Å². The fraction of sp³-hybridized carbons (Fsp3) is 0.312. The molecule has 0 spiro atoms. The van der Waals surface area contributed by atoms with Gasteiger partial charge in [0.2, 0.25) is 5.91 Å². The molecular weight excluding hydrogens is 274 g/mol. The highest BCUT2D eigenvalue weighted by Gasteiger charge is 2.31. The van der Waals surface area contributed by atoms with E-state index < -0.39 is 0 Å². The number of benzene rings is 1. The smallest absolute Gasteiger partial charge is 0.227 e. The molecule has 1 saturated heterocycles. The summed E-state index contributed by atoms with van der Waals surface area (Å²) in [6.07, 6.45) is 3.97. The maximum absolute atomic E-state index is 12.5. The van der Waals surface area contributed by atoms with Crippen molar-refractivity contribution in [3.8, 4) is 0 Å². The lowest BCUT2D eigenvalue weighted by atomic mass is 10.1. The Morgan fingerprint density at radius 3 is 2.90 bits per heavy atom. The van der Waals surface area contributed by atoms with Gasteiger partial charge in [0, 0.05) is 11.6 Å². The Morgan fingerprint density at radius 2 is 2.15 bits per heavy atom. The van der Waals surface area contributed by atoms with Gasteiger partial charge in [0.15, 0.2) is 0 Å². The molecule has 0 unspecified atom stereocenters. The van der Waals surface area contributed by atoms with Crippen LogP contribution in [0.2, 0.25) is 5.02 Å². The van der Waals surface area contributed by atoms with E-state index in [9.17, 15) is 4.79 Å². The minimum absolute atomic E-state index is 0.0694. The van der Waals surface area contributed by atoms with Crippen molar-refractivity contribution in [1.82, 2.24) is 4.90 Å². The standard InChI is InChI=1S/C16H16ClNO2/c17-13-6-2-1-5-12(13)11-16(19)18-9-3-7-14(18)15-8-4-10-20-15/h1-2,4-6,8,10,14H,3,7,9,11H2/t14-/m0/s1. The summed E-state index contributed by atoms with van der Waals surface area (Å²) in [5.74, 6) is 0.979. The van der Waals surface area contributed by atoms with Crippen LogP contribution in [0.25, 0.3) is 0 Å². The molecule has 3 nitrogen and oxygen atoms in total. The van der Waals surface area contributed by atoms with E-state index in [2.05, 4.69) is 0 Å². The number of amides is 1. The van der Waals surface area contributed by atoms with E-state index in [1.165, 1.54) is 0 Å². The SMILES string of the molecule is O=C(Cc1ccccc1Cl)N1CCC[C@H]1c1ccco1. The summed E-state index contributed by atoms with van der Waals surface area (Å²) in [6, 6.07) is 11.4. The van der Waals surface area contributed by atoms with Gasteiger partial charge in [-0.25, -0.2) is 0 Å². The first-order chi connectivity index (χ1) is 9.75. The van der Waals surface area contributed by atoms with Crippen molar-refractivity contribution >= 4 is 17.5 Å². The zero-order valence-corrected chi connectivity index (χ0v) is 11.8. The first kappa shape index (κ1) is 13.3. The second-order valence-corrected chi connectivity index (χ2v) is 5.44. The number of nitrogens with zero attached hydrogens (tertiary/aromatic N) is 1. The van der Waals surface area contributed by atoms with E-state index in [1.54, 1.807) is 6.26 Å². The summed E-state index contributed by atoms with van der Waals surface area (Å²) in [5, 5.41) is 0.648. The molecule has 2 heterocycles. The highest BCUT2D eigenvalue weighted by atomic mass is 35.5. The number of rotatable bonds is 3. The van der Waals surface area contributed by atoms with E-state index in [-0.39, 0.29) is 11.9 Å². The van der Waals surface area contributed by atoms with Crippen LogP contribution in [0.4, 0.5) is 0 Å². The number of furan rings is 1. The van der Waals surface area contributed by atoms with Crippen LogP contribution in [0.5, 0.6) is 0 Å². The molecule has 1 aliphatic heterocycles. The quantitative estimate of drug-likeness (QED) is 0.860. The molecule has 0 N–H and O–H groups in total. The van der Waals surface area contributed by atoms with Crippen LogP contribution in [0.15, 0.2) is 47.1 Å². The number of likely N-dealkylation sites (tertiary alicyclic amines) is 1. The number of carbonyl (C=O) groups excluding carboxylic acids is 1. The van der Waals surface area contributed by atoms with E-state index in [0.717, 1.165) is 30.7 Å². The van der Waals surface area contributed by atoms with Gasteiger partial charge in [-0.2, -0.15) is 0 Å². The lowest BCUT2D eigenvalue weighted by Gasteiger charge is -2.23. The molecule has 2 aromatic rings. The Kier molecular flexibility index (Phi) is 3.79. The molecule has 0 aliphatic carbocycles. The minimum Gasteiger partial charge on any atom is -0.467 e. The number of carbonyl (C=O) groups is 1. The summed E-state index contributed by atoms with van der Waals surface area (Å²) in [4.78, 5) is 14.4. The van der Waals surface area contributed by atoms with E-state index in [1.807, 2.05) is 41.3 Å². The average Bonchev–Trinajstić information content (AvgIpc) is 3.11. The van der Waals surface area contributed by atoms with Crippen molar-refractivity contribution in [1.29, 1.82) is 0 Å². The van der Waals surface area contributed by atoms with Gasteiger partial charge in [-0.15, -0.1) is 0 Å². The number of hydrogen-bond acceptors (Lipinski definition) is 2.